The molecule has 3 amide bonds. The van der Waals surface area contributed by atoms with Crippen LogP contribution >= 0.6 is 0 Å². The number of hydrogen-bond donors (Lipinski definition) is 1. The molecule has 0 saturated carbocycles. The van der Waals surface area contributed by atoms with Gasteiger partial charge in [0.25, 0.3) is 0 Å². The molecule has 1 atom stereocenters. The van der Waals surface area contributed by atoms with Gasteiger partial charge in [-0.15, -0.1) is 0 Å². The first-order chi connectivity index (χ1) is 14.9. The van der Waals surface area contributed by atoms with Crippen LogP contribution < -0.4 is 5.32 Å². The lowest BCUT2D eigenvalue weighted by molar-refractivity contribution is -0.139. The van der Waals surface area contributed by atoms with Gasteiger partial charge in [-0.1, -0.05) is 36.4 Å². The highest BCUT2D eigenvalue weighted by molar-refractivity contribution is 5.85. The van der Waals surface area contributed by atoms with Gasteiger partial charge in [-0.05, 0) is 42.2 Å². The lowest BCUT2D eigenvalue weighted by atomic mass is 9.90. The Balaban J connectivity index is 1.63. The second-order valence-corrected chi connectivity index (χ2v) is 7.69. The van der Waals surface area contributed by atoms with Crippen LogP contribution in [0.5, 0.6) is 0 Å². The van der Waals surface area contributed by atoms with Crippen LogP contribution in [0.25, 0.3) is 0 Å². The summed E-state index contributed by atoms with van der Waals surface area (Å²) in [5.74, 6) is -0.853. The summed E-state index contributed by atoms with van der Waals surface area (Å²) in [6, 6.07) is 13.4. The van der Waals surface area contributed by atoms with Crippen molar-refractivity contribution in [2.45, 2.75) is 39.3 Å². The van der Waals surface area contributed by atoms with E-state index in [0.717, 1.165) is 23.1 Å². The van der Waals surface area contributed by atoms with Crippen molar-refractivity contribution in [3.8, 4) is 0 Å². The number of halogens is 1. The Kier molecular flexibility index (Phi) is 7.39. The van der Waals surface area contributed by atoms with Crippen LogP contribution in [0.3, 0.4) is 0 Å². The molecule has 0 saturated heterocycles. The third-order valence-corrected chi connectivity index (χ3v) is 5.66. The number of benzene rings is 2. The van der Waals surface area contributed by atoms with Gasteiger partial charge in [0.15, 0.2) is 0 Å². The first-order valence-electron chi connectivity index (χ1n) is 10.5. The molecule has 2 aromatic rings. The van der Waals surface area contributed by atoms with Gasteiger partial charge in [0.05, 0.1) is 19.0 Å². The molecular formula is C24H28FN3O3. The van der Waals surface area contributed by atoms with E-state index in [1.54, 1.807) is 17.0 Å². The molecule has 1 aliphatic rings. The fourth-order valence-electron chi connectivity index (χ4n) is 3.95. The normalized spacial score (nSPS) is 15.2. The van der Waals surface area contributed by atoms with Crippen molar-refractivity contribution in [2.24, 2.45) is 0 Å². The van der Waals surface area contributed by atoms with Gasteiger partial charge < -0.3 is 15.1 Å². The summed E-state index contributed by atoms with van der Waals surface area (Å²) in [6.45, 7) is 4.50. The maximum atomic E-state index is 13.0. The molecule has 3 rings (SSSR count). The van der Waals surface area contributed by atoms with Gasteiger partial charge in [0.2, 0.25) is 17.7 Å². The van der Waals surface area contributed by atoms with Crippen LogP contribution in [0, 0.1) is 5.82 Å². The van der Waals surface area contributed by atoms with Gasteiger partial charge in [-0.25, -0.2) is 4.39 Å². The fourth-order valence-corrected chi connectivity index (χ4v) is 3.95. The van der Waals surface area contributed by atoms with Crippen molar-refractivity contribution in [1.82, 2.24) is 15.1 Å². The Morgan fingerprint density at radius 3 is 2.52 bits per heavy atom. The molecular weight excluding hydrogens is 397 g/mol. The van der Waals surface area contributed by atoms with E-state index in [0.29, 0.717) is 13.1 Å². The Bertz CT molecular complexity index is 945. The van der Waals surface area contributed by atoms with Crippen LogP contribution in [0.2, 0.25) is 0 Å². The summed E-state index contributed by atoms with van der Waals surface area (Å²) in [4.78, 5) is 40.8. The molecule has 1 aliphatic heterocycles. The Morgan fingerprint density at radius 2 is 1.84 bits per heavy atom. The number of nitrogens with zero attached hydrogens (tertiary/aromatic N) is 2. The number of hydrogen-bond acceptors (Lipinski definition) is 3. The molecule has 0 aliphatic carbocycles. The topological polar surface area (TPSA) is 69.7 Å². The number of nitrogens with one attached hydrogen (secondary N) is 1. The molecule has 1 heterocycles. The lowest BCUT2D eigenvalue weighted by Gasteiger charge is -2.37. The fraction of sp³-hybridized carbons (Fsp3) is 0.375. The highest BCUT2D eigenvalue weighted by Gasteiger charge is 2.32. The lowest BCUT2D eigenvalue weighted by Crippen LogP contribution is -2.44. The highest BCUT2D eigenvalue weighted by Crippen LogP contribution is 2.32. The average molecular weight is 426 g/mol. The van der Waals surface area contributed by atoms with Crippen molar-refractivity contribution < 1.29 is 18.8 Å². The summed E-state index contributed by atoms with van der Waals surface area (Å²) in [5.41, 5.74) is 2.92. The first-order valence-corrected chi connectivity index (χ1v) is 10.5. The summed E-state index contributed by atoms with van der Waals surface area (Å²) in [6.07, 6.45) is 0.902. The third kappa shape index (κ3) is 5.69. The van der Waals surface area contributed by atoms with Gasteiger partial charge >= 0.3 is 0 Å². The average Bonchev–Trinajstić information content (AvgIpc) is 2.77. The molecule has 1 unspecified atom stereocenters. The van der Waals surface area contributed by atoms with Crippen molar-refractivity contribution in [3.63, 3.8) is 0 Å². The van der Waals surface area contributed by atoms with Crippen molar-refractivity contribution >= 4 is 17.7 Å². The highest BCUT2D eigenvalue weighted by atomic mass is 19.1. The smallest absolute Gasteiger partial charge is 0.239 e. The van der Waals surface area contributed by atoms with Crippen LogP contribution in [0.4, 0.5) is 4.39 Å². The van der Waals surface area contributed by atoms with Gasteiger partial charge in [0.1, 0.15) is 5.82 Å². The van der Waals surface area contributed by atoms with E-state index in [9.17, 15) is 18.8 Å². The maximum Gasteiger partial charge on any atom is 0.239 e. The Morgan fingerprint density at radius 1 is 1.13 bits per heavy atom. The van der Waals surface area contributed by atoms with Crippen molar-refractivity contribution in [3.05, 3.63) is 71.0 Å². The molecule has 164 valence electrons. The second kappa shape index (κ2) is 10.2. The monoisotopic (exact) mass is 425 g/mol. The SMILES string of the molecule is CCN(CC(=O)NCc1ccc(F)cc1)C(=O)CC1c2ccccc2CCN1C(C)=O. The molecule has 1 N–H and O–H groups in total. The molecule has 7 heteroatoms. The third-order valence-electron chi connectivity index (χ3n) is 5.66. The first kappa shape index (κ1) is 22.5. The van der Waals surface area contributed by atoms with E-state index >= 15 is 0 Å². The van der Waals surface area contributed by atoms with Gasteiger partial charge in [-0.3, -0.25) is 14.4 Å². The van der Waals surface area contributed by atoms with Gasteiger partial charge in [0, 0.05) is 26.6 Å². The van der Waals surface area contributed by atoms with E-state index < -0.39 is 0 Å². The molecule has 0 bridgehead atoms. The largest absolute Gasteiger partial charge is 0.350 e. The molecule has 0 spiro atoms. The Hall–Kier alpha value is -3.22. The standard InChI is InChI=1S/C24H28FN3O3/c1-3-27(16-23(30)26-15-18-8-10-20(25)11-9-18)24(31)14-22-21-7-5-4-6-19(21)12-13-28(22)17(2)29/h4-11,22H,3,12-16H2,1-2H3,(H,26,30). The molecule has 31 heavy (non-hydrogen) atoms. The predicted octanol–water partition coefficient (Wildman–Crippen LogP) is 2.83. The van der Waals surface area contributed by atoms with E-state index in [-0.39, 0.29) is 49.1 Å². The van der Waals surface area contributed by atoms with E-state index in [2.05, 4.69) is 5.32 Å². The zero-order valence-electron chi connectivity index (χ0n) is 17.9. The number of carbonyl (C=O) groups excluding carboxylic acids is 3. The molecule has 0 radical (unpaired) electrons. The number of rotatable bonds is 7. The zero-order chi connectivity index (χ0) is 22.4. The molecule has 2 aromatic carbocycles. The number of likely N-dealkylation sites (N-methyl/N-ethyl adjacent to an activating group) is 1. The van der Waals surface area contributed by atoms with E-state index in [1.807, 2.05) is 31.2 Å². The number of amides is 3. The van der Waals surface area contributed by atoms with Crippen LogP contribution in [-0.4, -0.2) is 47.2 Å². The maximum absolute atomic E-state index is 13.0. The van der Waals surface area contributed by atoms with Crippen LogP contribution in [0.15, 0.2) is 48.5 Å². The van der Waals surface area contributed by atoms with Gasteiger partial charge in [-0.2, -0.15) is 0 Å². The minimum Gasteiger partial charge on any atom is -0.350 e. The summed E-state index contributed by atoms with van der Waals surface area (Å²) < 4.78 is 13.0. The molecule has 6 nitrogen and oxygen atoms in total. The van der Waals surface area contributed by atoms with E-state index in [1.165, 1.54) is 24.0 Å². The minimum absolute atomic E-state index is 0.0626. The summed E-state index contributed by atoms with van der Waals surface area (Å²) in [5, 5.41) is 2.76. The van der Waals surface area contributed by atoms with E-state index in [4.69, 9.17) is 0 Å². The minimum atomic E-state index is -0.332. The quantitative estimate of drug-likeness (QED) is 0.742. The second-order valence-electron chi connectivity index (χ2n) is 7.69. The number of fused-ring (bicyclic) bond motifs is 1. The van der Waals surface area contributed by atoms with Crippen molar-refractivity contribution in [2.75, 3.05) is 19.6 Å². The molecule has 0 fully saturated rings. The Labute approximate surface area is 182 Å². The predicted molar refractivity (Wildman–Crippen MR) is 115 cm³/mol. The van der Waals surface area contributed by atoms with Crippen molar-refractivity contribution in [1.29, 1.82) is 0 Å². The zero-order valence-corrected chi connectivity index (χ0v) is 17.9. The summed E-state index contributed by atoms with van der Waals surface area (Å²) >= 11 is 0. The molecule has 0 aromatic heterocycles. The summed E-state index contributed by atoms with van der Waals surface area (Å²) in [7, 11) is 0. The van der Waals surface area contributed by atoms with Crippen LogP contribution in [0.1, 0.15) is 43.0 Å². The number of carbonyl (C=O) groups is 3. The van der Waals surface area contributed by atoms with Crippen LogP contribution in [-0.2, 0) is 27.3 Å².